The van der Waals surface area contributed by atoms with Crippen molar-refractivity contribution >= 4 is 11.6 Å². The second-order valence-electron chi connectivity index (χ2n) is 4.01. The highest BCUT2D eigenvalue weighted by atomic mass is 35.5. The Bertz CT molecular complexity index is 595. The Hall–Kier alpha value is -1.92. The van der Waals surface area contributed by atoms with Gasteiger partial charge in [0.2, 0.25) is 0 Å². The van der Waals surface area contributed by atoms with E-state index in [-0.39, 0.29) is 0 Å². The first kappa shape index (κ1) is 13.5. The summed E-state index contributed by atoms with van der Waals surface area (Å²) in [5.74, 6) is 6.96. The van der Waals surface area contributed by atoms with Crippen molar-refractivity contribution in [2.45, 2.75) is 6.42 Å². The van der Waals surface area contributed by atoms with Crippen molar-refractivity contribution in [3.63, 3.8) is 0 Å². The lowest BCUT2D eigenvalue weighted by atomic mass is 10.2. The molecule has 2 rings (SSSR count). The quantitative estimate of drug-likeness (QED) is 0.633. The van der Waals surface area contributed by atoms with E-state index in [2.05, 4.69) is 16.9 Å². The molecule has 0 aliphatic rings. The van der Waals surface area contributed by atoms with E-state index in [0.717, 1.165) is 23.4 Å². The van der Waals surface area contributed by atoms with Crippen LogP contribution in [0.3, 0.4) is 0 Å². The third-order valence-electron chi connectivity index (χ3n) is 2.68. The summed E-state index contributed by atoms with van der Waals surface area (Å²) in [6.07, 6.45) is 2.62. The van der Waals surface area contributed by atoms with Crippen LogP contribution in [0.15, 0.2) is 36.5 Å². The zero-order valence-electron chi connectivity index (χ0n) is 10.8. The third kappa shape index (κ3) is 4.04. The van der Waals surface area contributed by atoms with Crippen molar-refractivity contribution in [3.8, 4) is 17.6 Å². The molecule has 0 amide bonds. The number of ether oxygens (including phenoxy) is 1. The molecular weight excluding hydrogens is 260 g/mol. The van der Waals surface area contributed by atoms with Crippen molar-refractivity contribution in [2.24, 2.45) is 7.05 Å². The van der Waals surface area contributed by atoms with E-state index >= 15 is 0 Å². The second kappa shape index (κ2) is 6.86. The molecular formula is C15H15ClN2O. The molecule has 98 valence electrons. The van der Waals surface area contributed by atoms with Crippen LogP contribution in [0, 0.1) is 11.8 Å². The summed E-state index contributed by atoms with van der Waals surface area (Å²) in [4.78, 5) is 0. The fourth-order valence-corrected chi connectivity index (χ4v) is 1.79. The molecule has 0 aliphatic heterocycles. The van der Waals surface area contributed by atoms with E-state index < -0.39 is 0 Å². The Balaban J connectivity index is 1.91. The van der Waals surface area contributed by atoms with Crippen molar-refractivity contribution in [1.29, 1.82) is 0 Å². The molecule has 0 N–H and O–H groups in total. The monoisotopic (exact) mass is 274 g/mol. The molecule has 19 heavy (non-hydrogen) atoms. The van der Waals surface area contributed by atoms with Gasteiger partial charge < -0.3 is 4.74 Å². The lowest BCUT2D eigenvalue weighted by Crippen LogP contribution is -2.05. The molecule has 0 unspecified atom stereocenters. The number of hydrogen-bond donors (Lipinski definition) is 0. The Morgan fingerprint density at radius 3 is 3.00 bits per heavy atom. The minimum Gasteiger partial charge on any atom is -0.493 e. The van der Waals surface area contributed by atoms with Gasteiger partial charge in [-0.05, 0) is 24.3 Å². The van der Waals surface area contributed by atoms with E-state index in [1.165, 1.54) is 0 Å². The maximum absolute atomic E-state index is 5.71. The lowest BCUT2D eigenvalue weighted by molar-refractivity contribution is 0.318. The highest BCUT2D eigenvalue weighted by molar-refractivity contribution is 6.19. The van der Waals surface area contributed by atoms with E-state index in [0.29, 0.717) is 12.5 Å². The molecule has 4 heteroatoms. The minimum atomic E-state index is 0.339. The molecule has 0 atom stereocenters. The normalized spacial score (nSPS) is 9.79. The van der Waals surface area contributed by atoms with Crippen LogP contribution in [0.1, 0.15) is 11.3 Å². The summed E-state index contributed by atoms with van der Waals surface area (Å²) >= 11 is 5.53. The van der Waals surface area contributed by atoms with Gasteiger partial charge in [0.1, 0.15) is 5.75 Å². The van der Waals surface area contributed by atoms with Gasteiger partial charge in [-0.2, -0.15) is 5.10 Å². The molecule has 2 aromatic rings. The smallest absolute Gasteiger partial charge is 0.120 e. The van der Waals surface area contributed by atoms with Crippen LogP contribution in [0.25, 0.3) is 0 Å². The van der Waals surface area contributed by atoms with Crippen LogP contribution in [0.5, 0.6) is 5.75 Å². The molecule has 3 nitrogen and oxygen atoms in total. The van der Waals surface area contributed by atoms with E-state index in [4.69, 9.17) is 16.3 Å². The largest absolute Gasteiger partial charge is 0.493 e. The van der Waals surface area contributed by atoms with Gasteiger partial charge in [-0.3, -0.25) is 4.68 Å². The Morgan fingerprint density at radius 1 is 1.37 bits per heavy atom. The predicted octanol–water partition coefficient (Wildman–Crippen LogP) is 2.63. The minimum absolute atomic E-state index is 0.339. The molecule has 1 aromatic carbocycles. The molecule has 0 spiro atoms. The van der Waals surface area contributed by atoms with Crippen molar-refractivity contribution in [3.05, 3.63) is 47.8 Å². The number of nitrogens with zero attached hydrogens (tertiary/aromatic N) is 2. The lowest BCUT2D eigenvalue weighted by Gasteiger charge is -2.06. The van der Waals surface area contributed by atoms with Crippen LogP contribution in [-0.4, -0.2) is 22.3 Å². The summed E-state index contributed by atoms with van der Waals surface area (Å²) in [5.41, 5.74) is 2.07. The second-order valence-corrected chi connectivity index (χ2v) is 4.28. The Morgan fingerprint density at radius 2 is 2.26 bits per heavy atom. The van der Waals surface area contributed by atoms with Crippen LogP contribution in [0.4, 0.5) is 0 Å². The first-order chi connectivity index (χ1) is 9.29. The van der Waals surface area contributed by atoms with Gasteiger partial charge in [0, 0.05) is 30.9 Å². The van der Waals surface area contributed by atoms with Crippen molar-refractivity contribution < 1.29 is 4.74 Å². The fraction of sp³-hybridized carbons (Fsp3) is 0.267. The zero-order chi connectivity index (χ0) is 13.5. The first-order valence-electron chi connectivity index (χ1n) is 6.04. The highest BCUT2D eigenvalue weighted by Crippen LogP contribution is 2.13. The molecule has 0 radical (unpaired) electrons. The number of benzene rings is 1. The molecule has 0 aliphatic carbocycles. The maximum Gasteiger partial charge on any atom is 0.120 e. The number of aromatic nitrogens is 2. The van der Waals surface area contributed by atoms with Crippen molar-refractivity contribution in [2.75, 3.05) is 12.5 Å². The van der Waals surface area contributed by atoms with Crippen LogP contribution in [0.2, 0.25) is 0 Å². The maximum atomic E-state index is 5.71. The highest BCUT2D eigenvalue weighted by Gasteiger charge is 1.99. The van der Waals surface area contributed by atoms with Gasteiger partial charge in [-0.15, -0.1) is 11.6 Å². The third-order valence-corrected chi connectivity index (χ3v) is 2.82. The van der Waals surface area contributed by atoms with E-state index in [9.17, 15) is 0 Å². The number of aryl methyl sites for hydroxylation is 1. The average molecular weight is 275 g/mol. The number of halogens is 1. The van der Waals surface area contributed by atoms with Crippen molar-refractivity contribution in [1.82, 2.24) is 9.78 Å². The topological polar surface area (TPSA) is 27.1 Å². The number of rotatable bonds is 4. The summed E-state index contributed by atoms with van der Waals surface area (Å²) in [7, 11) is 1.93. The van der Waals surface area contributed by atoms with Gasteiger partial charge in [0.05, 0.1) is 12.5 Å². The Labute approximate surface area is 118 Å². The average Bonchev–Trinajstić information content (AvgIpc) is 2.83. The summed E-state index contributed by atoms with van der Waals surface area (Å²) in [5, 5.41) is 4.12. The molecule has 1 heterocycles. The van der Waals surface area contributed by atoms with Gasteiger partial charge >= 0.3 is 0 Å². The van der Waals surface area contributed by atoms with Gasteiger partial charge in [0.25, 0.3) is 0 Å². The predicted molar refractivity (Wildman–Crippen MR) is 76.4 cm³/mol. The van der Waals surface area contributed by atoms with Crippen LogP contribution in [-0.2, 0) is 13.5 Å². The van der Waals surface area contributed by atoms with Gasteiger partial charge in [-0.25, -0.2) is 0 Å². The zero-order valence-corrected chi connectivity index (χ0v) is 11.5. The van der Waals surface area contributed by atoms with Crippen LogP contribution >= 0.6 is 11.6 Å². The van der Waals surface area contributed by atoms with Gasteiger partial charge in [-0.1, -0.05) is 17.9 Å². The summed E-state index contributed by atoms with van der Waals surface area (Å²) in [6.45, 7) is 0.617. The van der Waals surface area contributed by atoms with Gasteiger partial charge in [0.15, 0.2) is 0 Å². The fourth-order valence-electron chi connectivity index (χ4n) is 1.72. The molecule has 0 fully saturated rings. The van der Waals surface area contributed by atoms with E-state index in [1.807, 2.05) is 42.1 Å². The standard InChI is InChI=1S/C15H15ClN2O/c1-18-14(7-10-17-18)8-11-19-15-6-2-4-13(12-15)5-3-9-16/h2,4,6-7,10,12H,8-9,11H2,1H3. The number of alkyl halides is 1. The Kier molecular flexibility index (Phi) is 4.88. The van der Waals surface area contributed by atoms with Crippen LogP contribution < -0.4 is 4.74 Å². The molecule has 0 saturated carbocycles. The first-order valence-corrected chi connectivity index (χ1v) is 6.57. The molecule has 1 aromatic heterocycles. The SMILES string of the molecule is Cn1nccc1CCOc1cccc(C#CCCl)c1. The molecule has 0 saturated heterocycles. The summed E-state index contributed by atoms with van der Waals surface area (Å²) < 4.78 is 7.57. The van der Waals surface area contributed by atoms with E-state index in [1.54, 1.807) is 6.20 Å². The number of hydrogen-bond acceptors (Lipinski definition) is 2. The summed E-state index contributed by atoms with van der Waals surface area (Å²) in [6, 6.07) is 9.70. The molecule has 0 bridgehead atoms.